The van der Waals surface area contributed by atoms with Gasteiger partial charge in [-0.1, -0.05) is 6.92 Å². The van der Waals surface area contributed by atoms with Crippen LogP contribution in [0, 0.1) is 3.57 Å². The first-order valence-corrected chi connectivity index (χ1v) is 7.93. The van der Waals surface area contributed by atoms with Gasteiger partial charge in [0.1, 0.15) is 5.75 Å². The number of ether oxygens (including phenoxy) is 1. The molecule has 0 unspecified atom stereocenters. The van der Waals surface area contributed by atoms with E-state index in [0.717, 1.165) is 39.1 Å². The Hall–Kier alpha value is -1.76. The fourth-order valence-corrected chi connectivity index (χ4v) is 2.73. The lowest BCUT2D eigenvalue weighted by atomic mass is 10.2. The van der Waals surface area contributed by atoms with Crippen molar-refractivity contribution in [3.05, 3.63) is 46.0 Å². The molecule has 0 fully saturated rings. The van der Waals surface area contributed by atoms with Gasteiger partial charge in [0.05, 0.1) is 17.6 Å². The fraction of sp³-hybridized carbons (Fsp3) is 0.188. The van der Waals surface area contributed by atoms with Crippen LogP contribution in [0.3, 0.4) is 0 Å². The van der Waals surface area contributed by atoms with Crippen LogP contribution in [0.5, 0.6) is 5.75 Å². The highest BCUT2D eigenvalue weighted by Gasteiger charge is 2.10. The maximum atomic E-state index is 6.07. The van der Waals surface area contributed by atoms with Gasteiger partial charge in [-0.3, -0.25) is 4.57 Å². The van der Waals surface area contributed by atoms with Crippen LogP contribution in [0.15, 0.2) is 42.5 Å². The highest BCUT2D eigenvalue weighted by Crippen LogP contribution is 2.25. The summed E-state index contributed by atoms with van der Waals surface area (Å²) in [7, 11) is 0. The Bertz CT molecular complexity index is 765. The van der Waals surface area contributed by atoms with Crippen molar-refractivity contribution in [3.63, 3.8) is 0 Å². The number of fused-ring (bicyclic) bond motifs is 1. The van der Waals surface area contributed by atoms with E-state index in [2.05, 4.69) is 40.6 Å². The highest BCUT2D eigenvalue weighted by atomic mass is 127. The van der Waals surface area contributed by atoms with Crippen LogP contribution < -0.4 is 10.5 Å². The third-order valence-corrected chi connectivity index (χ3v) is 3.88. The molecule has 108 valence electrons. The zero-order valence-corrected chi connectivity index (χ0v) is 13.9. The summed E-state index contributed by atoms with van der Waals surface area (Å²) in [6.45, 7) is 2.82. The Labute approximate surface area is 137 Å². The first kappa shape index (κ1) is 14.2. The SMILES string of the molecule is CCCOc1ccc(-n2c(N)nc3cc(I)ccc32)cc1. The minimum atomic E-state index is 0.495. The Morgan fingerprint density at radius 1 is 1.19 bits per heavy atom. The molecule has 0 aliphatic carbocycles. The molecule has 1 heterocycles. The second kappa shape index (κ2) is 5.93. The minimum absolute atomic E-state index is 0.495. The maximum Gasteiger partial charge on any atom is 0.205 e. The molecule has 1 aromatic heterocycles. The number of nitrogens with two attached hydrogens (primary N) is 1. The van der Waals surface area contributed by atoms with E-state index in [1.54, 1.807) is 0 Å². The molecule has 2 aromatic carbocycles. The summed E-state index contributed by atoms with van der Waals surface area (Å²) in [5.74, 6) is 1.37. The standard InChI is InChI=1S/C16H16IN3O/c1-2-9-21-13-6-4-12(5-7-13)20-15-8-3-11(17)10-14(15)19-16(20)18/h3-8,10H,2,9H2,1H3,(H2,18,19). The minimum Gasteiger partial charge on any atom is -0.494 e. The van der Waals surface area contributed by atoms with Crippen molar-refractivity contribution in [1.82, 2.24) is 9.55 Å². The number of nitrogen functional groups attached to an aromatic ring is 1. The number of hydrogen-bond acceptors (Lipinski definition) is 3. The first-order chi connectivity index (χ1) is 10.2. The molecule has 0 saturated heterocycles. The van der Waals surface area contributed by atoms with E-state index >= 15 is 0 Å². The van der Waals surface area contributed by atoms with Gasteiger partial charge in [0.15, 0.2) is 0 Å². The van der Waals surface area contributed by atoms with Crippen molar-refractivity contribution in [1.29, 1.82) is 0 Å². The molecule has 21 heavy (non-hydrogen) atoms. The van der Waals surface area contributed by atoms with Crippen LogP contribution in [0.2, 0.25) is 0 Å². The van der Waals surface area contributed by atoms with Crippen molar-refractivity contribution >= 4 is 39.6 Å². The van der Waals surface area contributed by atoms with Crippen LogP contribution in [0.1, 0.15) is 13.3 Å². The third-order valence-electron chi connectivity index (χ3n) is 3.21. The number of benzene rings is 2. The molecule has 0 saturated carbocycles. The zero-order valence-electron chi connectivity index (χ0n) is 11.7. The van der Waals surface area contributed by atoms with Crippen LogP contribution in [-0.4, -0.2) is 16.2 Å². The quantitative estimate of drug-likeness (QED) is 0.682. The lowest BCUT2D eigenvalue weighted by Gasteiger charge is -2.09. The number of rotatable bonds is 4. The molecule has 5 heteroatoms. The molecule has 0 aliphatic rings. The topological polar surface area (TPSA) is 53.1 Å². The molecule has 0 bridgehead atoms. The van der Waals surface area contributed by atoms with Crippen LogP contribution >= 0.6 is 22.6 Å². The Balaban J connectivity index is 2.01. The predicted octanol–water partition coefficient (Wildman–Crippen LogP) is 4.00. The number of nitrogens with zero attached hydrogens (tertiary/aromatic N) is 2. The first-order valence-electron chi connectivity index (χ1n) is 6.85. The average molecular weight is 393 g/mol. The van der Waals surface area contributed by atoms with Gasteiger partial charge in [-0.25, -0.2) is 4.98 Å². The largest absolute Gasteiger partial charge is 0.494 e. The van der Waals surface area contributed by atoms with Gasteiger partial charge in [-0.05, 0) is 71.5 Å². The molecular formula is C16H16IN3O. The van der Waals surface area contributed by atoms with E-state index in [0.29, 0.717) is 5.95 Å². The lowest BCUT2D eigenvalue weighted by molar-refractivity contribution is 0.317. The van der Waals surface area contributed by atoms with Gasteiger partial charge in [-0.15, -0.1) is 0 Å². The Morgan fingerprint density at radius 2 is 1.95 bits per heavy atom. The van der Waals surface area contributed by atoms with Crippen molar-refractivity contribution in [2.75, 3.05) is 12.3 Å². The molecule has 0 spiro atoms. The van der Waals surface area contributed by atoms with E-state index in [1.165, 1.54) is 0 Å². The summed E-state index contributed by atoms with van der Waals surface area (Å²) in [5, 5.41) is 0. The summed E-state index contributed by atoms with van der Waals surface area (Å²) < 4.78 is 8.70. The maximum absolute atomic E-state index is 6.07. The number of halogens is 1. The van der Waals surface area contributed by atoms with E-state index in [1.807, 2.05) is 41.0 Å². The van der Waals surface area contributed by atoms with Crippen molar-refractivity contribution in [2.45, 2.75) is 13.3 Å². The number of imidazole rings is 1. The third kappa shape index (κ3) is 2.83. The molecule has 3 aromatic rings. The fourth-order valence-electron chi connectivity index (χ4n) is 2.25. The molecule has 0 aliphatic heterocycles. The number of aromatic nitrogens is 2. The normalized spacial score (nSPS) is 11.0. The van der Waals surface area contributed by atoms with E-state index in [4.69, 9.17) is 10.5 Å². The van der Waals surface area contributed by atoms with Gasteiger partial charge in [0, 0.05) is 9.26 Å². The van der Waals surface area contributed by atoms with E-state index in [-0.39, 0.29) is 0 Å². The summed E-state index contributed by atoms with van der Waals surface area (Å²) in [5.41, 5.74) is 8.98. The summed E-state index contributed by atoms with van der Waals surface area (Å²) in [4.78, 5) is 4.43. The number of anilines is 1. The molecule has 0 radical (unpaired) electrons. The molecule has 0 amide bonds. The summed E-state index contributed by atoms with van der Waals surface area (Å²) in [6.07, 6.45) is 0.999. The summed E-state index contributed by atoms with van der Waals surface area (Å²) in [6, 6.07) is 14.1. The lowest BCUT2D eigenvalue weighted by Crippen LogP contribution is -2.01. The van der Waals surface area contributed by atoms with Crippen molar-refractivity contribution < 1.29 is 4.74 Å². The average Bonchev–Trinajstić information content (AvgIpc) is 2.80. The summed E-state index contributed by atoms with van der Waals surface area (Å²) >= 11 is 2.27. The van der Waals surface area contributed by atoms with Crippen molar-refractivity contribution in [3.8, 4) is 11.4 Å². The number of hydrogen-bond donors (Lipinski definition) is 1. The van der Waals surface area contributed by atoms with E-state index in [9.17, 15) is 0 Å². The molecule has 3 rings (SSSR count). The van der Waals surface area contributed by atoms with E-state index < -0.39 is 0 Å². The van der Waals surface area contributed by atoms with Gasteiger partial charge < -0.3 is 10.5 Å². The van der Waals surface area contributed by atoms with Gasteiger partial charge in [0.2, 0.25) is 5.95 Å². The molecular weight excluding hydrogens is 377 g/mol. The molecule has 4 nitrogen and oxygen atoms in total. The van der Waals surface area contributed by atoms with Crippen LogP contribution in [-0.2, 0) is 0 Å². The van der Waals surface area contributed by atoms with Crippen LogP contribution in [0.25, 0.3) is 16.7 Å². The predicted molar refractivity (Wildman–Crippen MR) is 94.0 cm³/mol. The van der Waals surface area contributed by atoms with Crippen LogP contribution in [0.4, 0.5) is 5.95 Å². The Morgan fingerprint density at radius 3 is 2.67 bits per heavy atom. The second-order valence-corrected chi connectivity index (χ2v) is 6.03. The molecule has 2 N–H and O–H groups in total. The Kier molecular flexibility index (Phi) is 4.01. The smallest absolute Gasteiger partial charge is 0.205 e. The second-order valence-electron chi connectivity index (χ2n) is 4.78. The highest BCUT2D eigenvalue weighted by molar-refractivity contribution is 14.1. The zero-order chi connectivity index (χ0) is 14.8. The molecule has 0 atom stereocenters. The van der Waals surface area contributed by atoms with Gasteiger partial charge >= 0.3 is 0 Å². The van der Waals surface area contributed by atoms with Crippen molar-refractivity contribution in [2.24, 2.45) is 0 Å². The van der Waals surface area contributed by atoms with Gasteiger partial charge in [0.25, 0.3) is 0 Å². The van der Waals surface area contributed by atoms with Gasteiger partial charge in [-0.2, -0.15) is 0 Å². The monoisotopic (exact) mass is 393 g/mol.